The Labute approximate surface area is 117 Å². The van der Waals surface area contributed by atoms with Crippen molar-refractivity contribution in [3.05, 3.63) is 10.8 Å². The number of nitrogens with two attached hydrogens (primary N) is 1. The van der Waals surface area contributed by atoms with Gasteiger partial charge in [0.25, 0.3) is 0 Å². The van der Waals surface area contributed by atoms with Crippen molar-refractivity contribution in [2.45, 2.75) is 57.3 Å². The van der Waals surface area contributed by atoms with Gasteiger partial charge in [-0.25, -0.2) is 0 Å². The van der Waals surface area contributed by atoms with Crippen molar-refractivity contribution in [1.29, 1.82) is 0 Å². The molecule has 2 aromatic rings. The minimum Gasteiger partial charge on any atom is -0.330 e. The topological polar surface area (TPSA) is 69.1 Å². The van der Waals surface area contributed by atoms with Gasteiger partial charge in [0.15, 0.2) is 5.82 Å². The molecule has 1 aliphatic carbocycles. The molecule has 0 amide bonds. The van der Waals surface area contributed by atoms with E-state index in [0.717, 1.165) is 30.2 Å². The quantitative estimate of drug-likeness (QED) is 0.791. The molecule has 0 radical (unpaired) electrons. The number of hydrogen-bond donors (Lipinski definition) is 1. The van der Waals surface area contributed by atoms with Crippen molar-refractivity contribution in [3.63, 3.8) is 0 Å². The third-order valence-electron chi connectivity index (χ3n) is 3.87. The Morgan fingerprint density at radius 1 is 1.16 bits per heavy atom. The fraction of sp³-hybridized carbons (Fsp3) is 0.769. The Morgan fingerprint density at radius 2 is 2.00 bits per heavy atom. The normalized spacial score (nSPS) is 16.1. The number of fused-ring (bicyclic) bond motifs is 1. The fourth-order valence-corrected chi connectivity index (χ4v) is 3.35. The molecule has 0 bridgehead atoms. The van der Waals surface area contributed by atoms with Crippen LogP contribution in [0.15, 0.2) is 0 Å². The van der Waals surface area contributed by atoms with Crippen LogP contribution >= 0.6 is 11.3 Å². The van der Waals surface area contributed by atoms with Crippen LogP contribution in [-0.2, 0) is 6.42 Å². The van der Waals surface area contributed by atoms with E-state index in [1.165, 1.54) is 43.5 Å². The Hall–Kier alpha value is -1.01. The summed E-state index contributed by atoms with van der Waals surface area (Å²) in [6.07, 6.45) is 9.67. The average molecular weight is 279 g/mol. The highest BCUT2D eigenvalue weighted by Crippen LogP contribution is 2.35. The lowest BCUT2D eigenvalue weighted by molar-refractivity contribution is 0.395. The maximum Gasteiger partial charge on any atom is 0.234 e. The molecule has 6 heteroatoms. The van der Waals surface area contributed by atoms with Crippen molar-refractivity contribution in [2.75, 3.05) is 6.54 Å². The SMILES string of the molecule is NCCCCCCc1nn2c(C3CCC3)nnc2s1. The number of hydrogen-bond acceptors (Lipinski definition) is 5. The largest absolute Gasteiger partial charge is 0.330 e. The molecule has 0 aliphatic heterocycles. The van der Waals surface area contributed by atoms with Crippen LogP contribution in [-0.4, -0.2) is 26.4 Å². The van der Waals surface area contributed by atoms with Crippen LogP contribution in [0.3, 0.4) is 0 Å². The lowest BCUT2D eigenvalue weighted by atomic mass is 9.85. The molecule has 1 fully saturated rings. The van der Waals surface area contributed by atoms with E-state index in [4.69, 9.17) is 5.73 Å². The van der Waals surface area contributed by atoms with E-state index in [9.17, 15) is 0 Å². The van der Waals surface area contributed by atoms with Crippen LogP contribution in [0.2, 0.25) is 0 Å². The second-order valence-corrected chi connectivity index (χ2v) is 6.37. The van der Waals surface area contributed by atoms with Crippen LogP contribution in [0.25, 0.3) is 4.96 Å². The maximum absolute atomic E-state index is 5.49. The minimum atomic E-state index is 0.592. The summed E-state index contributed by atoms with van der Waals surface area (Å²) in [5.74, 6) is 1.67. The zero-order valence-electron chi connectivity index (χ0n) is 11.2. The molecule has 0 aromatic carbocycles. The summed E-state index contributed by atoms with van der Waals surface area (Å²) in [5, 5.41) is 14.4. The summed E-state index contributed by atoms with van der Waals surface area (Å²) in [5.41, 5.74) is 5.49. The summed E-state index contributed by atoms with van der Waals surface area (Å²) in [4.78, 5) is 0.957. The predicted molar refractivity (Wildman–Crippen MR) is 76.5 cm³/mol. The van der Waals surface area contributed by atoms with Crippen LogP contribution in [0.4, 0.5) is 0 Å². The summed E-state index contributed by atoms with van der Waals surface area (Å²) in [6, 6.07) is 0. The second kappa shape index (κ2) is 5.96. The molecule has 19 heavy (non-hydrogen) atoms. The molecule has 5 nitrogen and oxygen atoms in total. The van der Waals surface area contributed by atoms with Crippen molar-refractivity contribution in [1.82, 2.24) is 19.8 Å². The molecular weight excluding hydrogens is 258 g/mol. The van der Waals surface area contributed by atoms with Crippen molar-refractivity contribution >= 4 is 16.3 Å². The van der Waals surface area contributed by atoms with Gasteiger partial charge in [0.1, 0.15) is 5.01 Å². The summed E-state index contributed by atoms with van der Waals surface area (Å²) >= 11 is 1.69. The Kier molecular flexibility index (Phi) is 4.08. The van der Waals surface area contributed by atoms with Crippen molar-refractivity contribution in [3.8, 4) is 0 Å². The Bertz CT molecular complexity index is 528. The second-order valence-electron chi connectivity index (χ2n) is 5.33. The van der Waals surface area contributed by atoms with Crippen LogP contribution < -0.4 is 5.73 Å². The van der Waals surface area contributed by atoms with E-state index in [0.29, 0.717) is 5.92 Å². The van der Waals surface area contributed by atoms with E-state index in [-0.39, 0.29) is 0 Å². The molecule has 2 N–H and O–H groups in total. The van der Waals surface area contributed by atoms with E-state index in [1.54, 1.807) is 11.3 Å². The number of aromatic nitrogens is 4. The molecule has 2 aromatic heterocycles. The summed E-state index contributed by atoms with van der Waals surface area (Å²) in [7, 11) is 0. The van der Waals surface area contributed by atoms with Gasteiger partial charge < -0.3 is 5.73 Å². The van der Waals surface area contributed by atoms with E-state index >= 15 is 0 Å². The van der Waals surface area contributed by atoms with Crippen molar-refractivity contribution < 1.29 is 0 Å². The molecule has 0 spiro atoms. The highest BCUT2D eigenvalue weighted by molar-refractivity contribution is 7.16. The third kappa shape index (κ3) is 2.79. The zero-order chi connectivity index (χ0) is 13.1. The summed E-state index contributed by atoms with van der Waals surface area (Å²) in [6.45, 7) is 0.807. The Balaban J connectivity index is 1.60. The highest BCUT2D eigenvalue weighted by atomic mass is 32.1. The van der Waals surface area contributed by atoms with Gasteiger partial charge >= 0.3 is 0 Å². The molecule has 1 saturated carbocycles. The lowest BCUT2D eigenvalue weighted by Gasteiger charge is -2.22. The van der Waals surface area contributed by atoms with Gasteiger partial charge in [-0.3, -0.25) is 0 Å². The lowest BCUT2D eigenvalue weighted by Crippen LogP contribution is -2.13. The van der Waals surface area contributed by atoms with Gasteiger partial charge in [0.05, 0.1) is 0 Å². The van der Waals surface area contributed by atoms with E-state index < -0.39 is 0 Å². The van der Waals surface area contributed by atoms with Gasteiger partial charge in [-0.15, -0.1) is 10.2 Å². The smallest absolute Gasteiger partial charge is 0.234 e. The molecule has 1 aliphatic rings. The highest BCUT2D eigenvalue weighted by Gasteiger charge is 2.26. The van der Waals surface area contributed by atoms with Crippen LogP contribution in [0.1, 0.15) is 61.7 Å². The van der Waals surface area contributed by atoms with Crippen LogP contribution in [0.5, 0.6) is 0 Å². The van der Waals surface area contributed by atoms with E-state index in [2.05, 4.69) is 15.3 Å². The van der Waals surface area contributed by atoms with Gasteiger partial charge in [0, 0.05) is 12.3 Å². The minimum absolute atomic E-state index is 0.592. The molecule has 104 valence electrons. The van der Waals surface area contributed by atoms with Crippen LogP contribution in [0, 0.1) is 0 Å². The third-order valence-corrected chi connectivity index (χ3v) is 4.83. The number of nitrogens with zero attached hydrogens (tertiary/aromatic N) is 4. The number of aryl methyl sites for hydroxylation is 1. The summed E-state index contributed by atoms with van der Waals surface area (Å²) < 4.78 is 1.98. The Morgan fingerprint density at radius 3 is 2.74 bits per heavy atom. The molecule has 2 heterocycles. The zero-order valence-corrected chi connectivity index (χ0v) is 12.0. The van der Waals surface area contributed by atoms with Crippen molar-refractivity contribution in [2.24, 2.45) is 5.73 Å². The van der Waals surface area contributed by atoms with Gasteiger partial charge in [-0.1, -0.05) is 30.6 Å². The first-order chi connectivity index (χ1) is 9.38. The monoisotopic (exact) mass is 279 g/mol. The van der Waals surface area contributed by atoms with Gasteiger partial charge in [-0.05, 0) is 32.2 Å². The predicted octanol–water partition coefficient (Wildman–Crippen LogP) is 2.51. The molecule has 0 unspecified atom stereocenters. The first-order valence-electron chi connectivity index (χ1n) is 7.29. The van der Waals surface area contributed by atoms with Gasteiger partial charge in [0.2, 0.25) is 4.96 Å². The number of rotatable bonds is 7. The first kappa shape index (κ1) is 13.0. The number of unbranched alkanes of at least 4 members (excludes halogenated alkanes) is 3. The first-order valence-corrected chi connectivity index (χ1v) is 8.11. The fourth-order valence-electron chi connectivity index (χ4n) is 2.47. The molecule has 0 atom stereocenters. The molecular formula is C13H21N5S. The molecule has 3 rings (SSSR count). The molecule has 0 saturated heterocycles. The maximum atomic E-state index is 5.49. The van der Waals surface area contributed by atoms with Gasteiger partial charge in [-0.2, -0.15) is 9.61 Å². The average Bonchev–Trinajstić information content (AvgIpc) is 2.89. The standard InChI is InChI=1S/C13H21N5S/c14-9-4-2-1-3-8-11-17-18-12(10-6-5-7-10)15-16-13(18)19-11/h10H,1-9,14H2. The van der Waals surface area contributed by atoms with E-state index in [1.807, 2.05) is 4.52 Å².